The molecular formula is C13H17N5O. The molecule has 0 saturated heterocycles. The molecule has 0 bridgehead atoms. The molecule has 6 heteroatoms. The molecule has 0 unspecified atom stereocenters. The third kappa shape index (κ3) is 2.07. The second kappa shape index (κ2) is 4.29. The van der Waals surface area contributed by atoms with E-state index in [1.54, 1.807) is 6.92 Å². The second-order valence-corrected chi connectivity index (χ2v) is 5.19. The quantitative estimate of drug-likeness (QED) is 0.782. The number of tetrazole rings is 1. The van der Waals surface area contributed by atoms with Gasteiger partial charge in [-0.05, 0) is 50.1 Å². The Morgan fingerprint density at radius 3 is 2.68 bits per heavy atom. The predicted octanol–water partition coefficient (Wildman–Crippen LogP) is 1.62. The first kappa shape index (κ1) is 12.1. The molecule has 0 radical (unpaired) electrons. The predicted molar refractivity (Wildman–Crippen MR) is 69.1 cm³/mol. The van der Waals surface area contributed by atoms with E-state index < -0.39 is 0 Å². The van der Waals surface area contributed by atoms with Crippen molar-refractivity contribution in [3.63, 3.8) is 0 Å². The molecule has 2 aromatic rings. The van der Waals surface area contributed by atoms with Crippen molar-refractivity contribution in [2.75, 3.05) is 0 Å². The van der Waals surface area contributed by atoms with Gasteiger partial charge in [-0.25, -0.2) is 4.68 Å². The summed E-state index contributed by atoms with van der Waals surface area (Å²) in [5, 5.41) is 11.2. The molecule has 1 aliphatic rings. The number of ketones is 1. The maximum Gasteiger partial charge on any atom is 0.186 e. The Labute approximate surface area is 111 Å². The maximum absolute atomic E-state index is 12.4. The zero-order valence-electron chi connectivity index (χ0n) is 11.4. The van der Waals surface area contributed by atoms with Crippen molar-refractivity contribution < 1.29 is 4.79 Å². The van der Waals surface area contributed by atoms with E-state index in [-0.39, 0.29) is 12.3 Å². The van der Waals surface area contributed by atoms with E-state index in [0.29, 0.717) is 11.9 Å². The monoisotopic (exact) mass is 259 g/mol. The number of hydrogen-bond acceptors (Lipinski definition) is 4. The summed E-state index contributed by atoms with van der Waals surface area (Å²) in [7, 11) is 0. The molecule has 0 N–H and O–H groups in total. The minimum Gasteiger partial charge on any atom is -0.345 e. The van der Waals surface area contributed by atoms with Crippen molar-refractivity contribution in [1.82, 2.24) is 24.8 Å². The van der Waals surface area contributed by atoms with Crippen LogP contribution in [0.2, 0.25) is 0 Å². The van der Waals surface area contributed by atoms with E-state index in [9.17, 15) is 4.79 Å². The lowest BCUT2D eigenvalue weighted by atomic mass is 10.1. The second-order valence-electron chi connectivity index (χ2n) is 5.19. The number of aryl methyl sites for hydroxylation is 2. The van der Waals surface area contributed by atoms with Gasteiger partial charge in [-0.15, -0.1) is 5.10 Å². The Morgan fingerprint density at radius 2 is 2.11 bits per heavy atom. The molecule has 6 nitrogen and oxygen atoms in total. The van der Waals surface area contributed by atoms with Crippen molar-refractivity contribution >= 4 is 5.78 Å². The summed E-state index contributed by atoms with van der Waals surface area (Å²) in [6.07, 6.45) is 2.44. The van der Waals surface area contributed by atoms with Crippen LogP contribution in [0.1, 0.15) is 46.5 Å². The van der Waals surface area contributed by atoms with Crippen LogP contribution in [0.4, 0.5) is 0 Å². The standard InChI is InChI=1S/C13H17N5O/c1-8-6-12(9(2)18(8)11-4-5-11)13(19)7-17-10(3)14-15-16-17/h6,11H,4-5,7H2,1-3H3. The summed E-state index contributed by atoms with van der Waals surface area (Å²) in [5.41, 5.74) is 3.02. The highest BCUT2D eigenvalue weighted by molar-refractivity contribution is 5.97. The lowest BCUT2D eigenvalue weighted by Gasteiger charge is -2.07. The van der Waals surface area contributed by atoms with Crippen LogP contribution < -0.4 is 0 Å². The van der Waals surface area contributed by atoms with Crippen LogP contribution in [0.15, 0.2) is 6.07 Å². The average Bonchev–Trinajstić information content (AvgIpc) is 3.04. The van der Waals surface area contributed by atoms with Crippen molar-refractivity contribution in [3.05, 3.63) is 28.8 Å². The lowest BCUT2D eigenvalue weighted by Crippen LogP contribution is -2.14. The molecular weight excluding hydrogens is 242 g/mol. The maximum atomic E-state index is 12.4. The molecule has 1 saturated carbocycles. The molecule has 1 fully saturated rings. The van der Waals surface area contributed by atoms with Gasteiger partial charge in [0.1, 0.15) is 12.4 Å². The summed E-state index contributed by atoms with van der Waals surface area (Å²) < 4.78 is 3.81. The van der Waals surface area contributed by atoms with Crippen LogP contribution in [0.3, 0.4) is 0 Å². The molecule has 1 aliphatic carbocycles. The smallest absolute Gasteiger partial charge is 0.186 e. The molecule has 0 amide bonds. The summed E-state index contributed by atoms with van der Waals surface area (Å²) in [5.74, 6) is 0.722. The SMILES string of the molecule is Cc1nnnn1CC(=O)c1cc(C)n(C2CC2)c1C. The van der Waals surface area contributed by atoms with E-state index in [2.05, 4.69) is 27.0 Å². The Bertz CT molecular complexity index is 635. The lowest BCUT2D eigenvalue weighted by molar-refractivity contribution is 0.0965. The Kier molecular flexibility index (Phi) is 2.73. The average molecular weight is 259 g/mol. The Morgan fingerprint density at radius 1 is 1.37 bits per heavy atom. The van der Waals surface area contributed by atoms with Gasteiger partial charge in [0.05, 0.1) is 0 Å². The summed E-state index contributed by atoms with van der Waals surface area (Å²) in [4.78, 5) is 12.4. The molecule has 0 aromatic carbocycles. The molecule has 100 valence electrons. The minimum absolute atomic E-state index is 0.0652. The molecule has 2 heterocycles. The van der Waals surface area contributed by atoms with Gasteiger partial charge in [0, 0.05) is 23.0 Å². The van der Waals surface area contributed by atoms with E-state index in [1.165, 1.54) is 17.5 Å². The largest absolute Gasteiger partial charge is 0.345 e. The number of Topliss-reactive ketones (excluding diaryl/α,β-unsaturated/α-hetero) is 1. The van der Waals surface area contributed by atoms with E-state index in [0.717, 1.165) is 17.0 Å². The third-order valence-electron chi connectivity index (χ3n) is 3.70. The van der Waals surface area contributed by atoms with Gasteiger partial charge in [0.15, 0.2) is 5.78 Å². The Balaban J connectivity index is 1.88. The molecule has 0 aliphatic heterocycles. The zero-order valence-corrected chi connectivity index (χ0v) is 11.4. The molecule has 3 rings (SSSR count). The minimum atomic E-state index is 0.0652. The van der Waals surface area contributed by atoms with Crippen molar-refractivity contribution in [2.24, 2.45) is 0 Å². The van der Waals surface area contributed by atoms with Crippen molar-refractivity contribution in [2.45, 2.75) is 46.2 Å². The van der Waals surface area contributed by atoms with E-state index in [1.807, 2.05) is 13.0 Å². The van der Waals surface area contributed by atoms with Crippen LogP contribution >= 0.6 is 0 Å². The van der Waals surface area contributed by atoms with Gasteiger partial charge in [-0.2, -0.15) is 0 Å². The first-order valence-electron chi connectivity index (χ1n) is 6.52. The zero-order chi connectivity index (χ0) is 13.6. The number of carbonyl (C=O) groups is 1. The number of nitrogens with zero attached hydrogens (tertiary/aromatic N) is 5. The van der Waals surface area contributed by atoms with Gasteiger partial charge in [-0.3, -0.25) is 4.79 Å². The van der Waals surface area contributed by atoms with Gasteiger partial charge >= 0.3 is 0 Å². The molecule has 0 atom stereocenters. The van der Waals surface area contributed by atoms with Crippen LogP contribution in [0, 0.1) is 20.8 Å². The summed E-state index contributed by atoms with van der Waals surface area (Å²) in [6.45, 7) is 6.07. The highest BCUT2D eigenvalue weighted by Crippen LogP contribution is 2.38. The normalized spacial score (nSPS) is 14.9. The fourth-order valence-electron chi connectivity index (χ4n) is 2.57. The van der Waals surface area contributed by atoms with Gasteiger partial charge in [0.25, 0.3) is 0 Å². The molecule has 0 spiro atoms. The highest BCUT2D eigenvalue weighted by atomic mass is 16.1. The molecule has 19 heavy (non-hydrogen) atoms. The topological polar surface area (TPSA) is 65.6 Å². The third-order valence-corrected chi connectivity index (χ3v) is 3.70. The summed E-state index contributed by atoms with van der Waals surface area (Å²) in [6, 6.07) is 2.58. The first-order valence-corrected chi connectivity index (χ1v) is 6.52. The van der Waals surface area contributed by atoms with Crippen molar-refractivity contribution in [3.8, 4) is 0 Å². The molecule has 2 aromatic heterocycles. The van der Waals surface area contributed by atoms with Crippen LogP contribution in [0.25, 0.3) is 0 Å². The van der Waals surface area contributed by atoms with Gasteiger partial charge in [0.2, 0.25) is 0 Å². The van der Waals surface area contributed by atoms with Crippen LogP contribution in [0.5, 0.6) is 0 Å². The fraction of sp³-hybridized carbons (Fsp3) is 0.538. The fourth-order valence-corrected chi connectivity index (χ4v) is 2.57. The van der Waals surface area contributed by atoms with Crippen LogP contribution in [-0.2, 0) is 6.54 Å². The first-order chi connectivity index (χ1) is 9.08. The number of hydrogen-bond donors (Lipinski definition) is 0. The summed E-state index contributed by atoms with van der Waals surface area (Å²) >= 11 is 0. The Hall–Kier alpha value is -1.98. The number of rotatable bonds is 4. The van der Waals surface area contributed by atoms with Gasteiger partial charge < -0.3 is 4.57 Å². The number of aromatic nitrogens is 5. The highest BCUT2D eigenvalue weighted by Gasteiger charge is 2.28. The van der Waals surface area contributed by atoms with Gasteiger partial charge in [-0.1, -0.05) is 0 Å². The van der Waals surface area contributed by atoms with Crippen molar-refractivity contribution in [1.29, 1.82) is 0 Å². The van der Waals surface area contributed by atoms with E-state index in [4.69, 9.17) is 0 Å². The number of carbonyl (C=O) groups excluding carboxylic acids is 1. The van der Waals surface area contributed by atoms with Crippen LogP contribution in [-0.4, -0.2) is 30.6 Å². The van der Waals surface area contributed by atoms with E-state index >= 15 is 0 Å².